The maximum atomic E-state index is 5.33. The van der Waals surface area contributed by atoms with Gasteiger partial charge in [-0.3, -0.25) is 0 Å². The van der Waals surface area contributed by atoms with Gasteiger partial charge in [0.1, 0.15) is 0 Å². The third-order valence-electron chi connectivity index (χ3n) is 2.02. The SMILES string of the molecule is C#CCC(CC(C)C)CC(C)C. The van der Waals surface area contributed by atoms with E-state index in [0.717, 1.165) is 24.2 Å². The van der Waals surface area contributed by atoms with Crippen LogP contribution in [-0.4, -0.2) is 0 Å². The van der Waals surface area contributed by atoms with Crippen LogP contribution in [0.4, 0.5) is 0 Å². The molecule has 0 aliphatic rings. The normalized spacial score (nSPS) is 11.2. The van der Waals surface area contributed by atoms with Crippen LogP contribution >= 0.6 is 0 Å². The molecule has 0 saturated heterocycles. The third kappa shape index (κ3) is 6.28. The Labute approximate surface area is 77.8 Å². The van der Waals surface area contributed by atoms with Crippen LogP contribution in [0.3, 0.4) is 0 Å². The Hall–Kier alpha value is -0.440. The number of terminal acetylenes is 1. The van der Waals surface area contributed by atoms with Crippen LogP contribution in [0.15, 0.2) is 0 Å². The molecule has 0 aliphatic heterocycles. The van der Waals surface area contributed by atoms with Crippen molar-refractivity contribution < 1.29 is 0 Å². The van der Waals surface area contributed by atoms with Crippen molar-refractivity contribution in [1.29, 1.82) is 0 Å². The summed E-state index contributed by atoms with van der Waals surface area (Å²) in [6.07, 6.45) is 8.85. The highest BCUT2D eigenvalue weighted by Crippen LogP contribution is 2.22. The second-order valence-electron chi connectivity index (χ2n) is 4.53. The van der Waals surface area contributed by atoms with Crippen molar-refractivity contribution in [2.45, 2.75) is 47.0 Å². The summed E-state index contributed by atoms with van der Waals surface area (Å²) >= 11 is 0. The first-order valence-electron chi connectivity index (χ1n) is 4.99. The van der Waals surface area contributed by atoms with Crippen molar-refractivity contribution in [3.05, 3.63) is 0 Å². The van der Waals surface area contributed by atoms with Crippen LogP contribution in [0.25, 0.3) is 0 Å². The maximum Gasteiger partial charge on any atom is 0.0115 e. The van der Waals surface area contributed by atoms with E-state index in [1.165, 1.54) is 12.8 Å². The average Bonchev–Trinajstić information content (AvgIpc) is 1.84. The molecule has 0 nitrogen and oxygen atoms in total. The zero-order valence-electron chi connectivity index (χ0n) is 8.93. The number of hydrogen-bond donors (Lipinski definition) is 0. The molecule has 0 aromatic rings. The van der Waals surface area contributed by atoms with E-state index in [1.807, 2.05) is 0 Å². The molecule has 0 rings (SSSR count). The van der Waals surface area contributed by atoms with Crippen LogP contribution in [0.5, 0.6) is 0 Å². The van der Waals surface area contributed by atoms with E-state index < -0.39 is 0 Å². The van der Waals surface area contributed by atoms with Gasteiger partial charge in [0.05, 0.1) is 0 Å². The van der Waals surface area contributed by atoms with Gasteiger partial charge in [0.25, 0.3) is 0 Å². The first-order chi connectivity index (χ1) is 5.56. The number of hydrogen-bond acceptors (Lipinski definition) is 0. The number of rotatable bonds is 5. The van der Waals surface area contributed by atoms with Crippen molar-refractivity contribution in [1.82, 2.24) is 0 Å². The van der Waals surface area contributed by atoms with E-state index in [9.17, 15) is 0 Å². The Morgan fingerprint density at radius 1 is 1.00 bits per heavy atom. The highest BCUT2D eigenvalue weighted by atomic mass is 14.2. The minimum absolute atomic E-state index is 0.745. The predicted molar refractivity (Wildman–Crippen MR) is 55.9 cm³/mol. The Balaban J connectivity index is 3.79. The van der Waals surface area contributed by atoms with Crippen molar-refractivity contribution >= 4 is 0 Å². The maximum absolute atomic E-state index is 5.33. The topological polar surface area (TPSA) is 0 Å². The molecule has 12 heavy (non-hydrogen) atoms. The predicted octanol–water partition coefficient (Wildman–Crippen LogP) is 3.72. The summed E-state index contributed by atoms with van der Waals surface area (Å²) in [7, 11) is 0. The molecule has 0 heteroatoms. The first-order valence-corrected chi connectivity index (χ1v) is 4.99. The summed E-state index contributed by atoms with van der Waals surface area (Å²) in [6, 6.07) is 0. The second-order valence-corrected chi connectivity index (χ2v) is 4.53. The molecular weight excluding hydrogens is 144 g/mol. The van der Waals surface area contributed by atoms with Crippen molar-refractivity contribution in [3.8, 4) is 12.3 Å². The lowest BCUT2D eigenvalue weighted by atomic mass is 9.87. The third-order valence-corrected chi connectivity index (χ3v) is 2.02. The van der Waals surface area contributed by atoms with Gasteiger partial charge in [0, 0.05) is 6.42 Å². The van der Waals surface area contributed by atoms with E-state index in [1.54, 1.807) is 0 Å². The van der Waals surface area contributed by atoms with Crippen LogP contribution < -0.4 is 0 Å². The summed E-state index contributed by atoms with van der Waals surface area (Å²) in [6.45, 7) is 9.07. The van der Waals surface area contributed by atoms with Crippen molar-refractivity contribution in [2.24, 2.45) is 17.8 Å². The van der Waals surface area contributed by atoms with Gasteiger partial charge in [-0.15, -0.1) is 12.3 Å². The smallest absolute Gasteiger partial charge is 0.0115 e. The summed E-state index contributed by atoms with van der Waals surface area (Å²) in [5.41, 5.74) is 0. The zero-order chi connectivity index (χ0) is 9.56. The summed E-state index contributed by atoms with van der Waals surface area (Å²) in [4.78, 5) is 0. The Bertz CT molecular complexity index is 127. The van der Waals surface area contributed by atoms with E-state index in [0.29, 0.717) is 0 Å². The average molecular weight is 166 g/mol. The largest absolute Gasteiger partial charge is 0.120 e. The fourth-order valence-corrected chi connectivity index (χ4v) is 1.76. The summed E-state index contributed by atoms with van der Waals surface area (Å²) in [5, 5.41) is 0. The molecule has 0 aromatic heterocycles. The molecule has 0 radical (unpaired) electrons. The van der Waals surface area contributed by atoms with Crippen LogP contribution in [0.1, 0.15) is 47.0 Å². The van der Waals surface area contributed by atoms with Gasteiger partial charge in [0.15, 0.2) is 0 Å². The molecule has 0 amide bonds. The summed E-state index contributed by atoms with van der Waals surface area (Å²) < 4.78 is 0. The molecule has 0 aromatic carbocycles. The second kappa shape index (κ2) is 6.12. The lowest BCUT2D eigenvalue weighted by molar-refractivity contribution is 0.349. The van der Waals surface area contributed by atoms with Gasteiger partial charge in [0.2, 0.25) is 0 Å². The van der Waals surface area contributed by atoms with E-state index in [4.69, 9.17) is 6.42 Å². The molecule has 0 fully saturated rings. The summed E-state index contributed by atoms with van der Waals surface area (Å²) in [5.74, 6) is 5.08. The quantitative estimate of drug-likeness (QED) is 0.546. The molecule has 0 heterocycles. The van der Waals surface area contributed by atoms with Gasteiger partial charge in [-0.2, -0.15) is 0 Å². The minimum Gasteiger partial charge on any atom is -0.120 e. The first kappa shape index (κ1) is 11.6. The molecule has 0 aliphatic carbocycles. The Morgan fingerprint density at radius 2 is 1.42 bits per heavy atom. The molecule has 0 saturated carbocycles. The lowest BCUT2D eigenvalue weighted by Crippen LogP contribution is -2.07. The molecule has 70 valence electrons. The molecule has 0 bridgehead atoms. The van der Waals surface area contributed by atoms with E-state index >= 15 is 0 Å². The minimum atomic E-state index is 0.745. The van der Waals surface area contributed by atoms with Gasteiger partial charge >= 0.3 is 0 Å². The zero-order valence-corrected chi connectivity index (χ0v) is 8.93. The molecule has 0 atom stereocenters. The van der Waals surface area contributed by atoms with Crippen LogP contribution in [0, 0.1) is 30.1 Å². The van der Waals surface area contributed by atoms with Gasteiger partial charge in [-0.05, 0) is 30.6 Å². The van der Waals surface area contributed by atoms with Gasteiger partial charge < -0.3 is 0 Å². The van der Waals surface area contributed by atoms with E-state index in [-0.39, 0.29) is 0 Å². The molecule has 0 unspecified atom stereocenters. The molecule has 0 spiro atoms. The van der Waals surface area contributed by atoms with Crippen molar-refractivity contribution in [3.63, 3.8) is 0 Å². The van der Waals surface area contributed by atoms with Gasteiger partial charge in [-0.1, -0.05) is 27.7 Å². The molecule has 0 N–H and O–H groups in total. The lowest BCUT2D eigenvalue weighted by Gasteiger charge is -2.18. The van der Waals surface area contributed by atoms with Crippen molar-refractivity contribution in [2.75, 3.05) is 0 Å². The van der Waals surface area contributed by atoms with Gasteiger partial charge in [-0.25, -0.2) is 0 Å². The van der Waals surface area contributed by atoms with Crippen LogP contribution in [-0.2, 0) is 0 Å². The standard InChI is InChI=1S/C12H22/c1-6-7-12(8-10(2)3)9-11(4)5/h1,10-12H,7-9H2,2-5H3. The van der Waals surface area contributed by atoms with Crippen LogP contribution in [0.2, 0.25) is 0 Å². The monoisotopic (exact) mass is 166 g/mol. The fourth-order valence-electron chi connectivity index (χ4n) is 1.76. The Morgan fingerprint density at radius 3 is 1.67 bits per heavy atom. The fraction of sp³-hybridized carbons (Fsp3) is 0.833. The van der Waals surface area contributed by atoms with E-state index in [2.05, 4.69) is 33.6 Å². The highest BCUT2D eigenvalue weighted by Gasteiger charge is 2.11. The Kier molecular flexibility index (Phi) is 5.89. The highest BCUT2D eigenvalue weighted by molar-refractivity contribution is 4.87. The molecular formula is C12H22.